The van der Waals surface area contributed by atoms with E-state index in [9.17, 15) is 14.0 Å². The second-order valence-corrected chi connectivity index (χ2v) is 3.62. The standard InChI is InChI=1S/C11H10FNO3/c1-16-10(15)11(12)5-4-8(14)9-7(11)3-2-6-13-9/h2-3,6H,4-5H2,1H3. The Morgan fingerprint density at radius 2 is 2.38 bits per heavy atom. The van der Waals surface area contributed by atoms with Gasteiger partial charge in [-0.15, -0.1) is 0 Å². The van der Waals surface area contributed by atoms with Gasteiger partial charge in [0.05, 0.1) is 7.11 Å². The molecule has 0 aromatic carbocycles. The number of hydrogen-bond donors (Lipinski definition) is 0. The zero-order valence-corrected chi connectivity index (χ0v) is 8.70. The Labute approximate surface area is 91.4 Å². The van der Waals surface area contributed by atoms with E-state index in [1.54, 1.807) is 0 Å². The molecule has 5 heteroatoms. The predicted molar refractivity (Wildman–Crippen MR) is 52.6 cm³/mol. The van der Waals surface area contributed by atoms with Crippen LogP contribution in [0, 0.1) is 0 Å². The van der Waals surface area contributed by atoms with Crippen molar-refractivity contribution < 1.29 is 18.7 Å². The van der Waals surface area contributed by atoms with Crippen molar-refractivity contribution in [1.29, 1.82) is 0 Å². The first-order valence-electron chi connectivity index (χ1n) is 4.85. The number of hydrogen-bond acceptors (Lipinski definition) is 4. The number of esters is 1. The molecule has 2 rings (SSSR count). The minimum atomic E-state index is -2.24. The Balaban J connectivity index is 2.57. The first-order valence-corrected chi connectivity index (χ1v) is 4.85. The molecule has 16 heavy (non-hydrogen) atoms. The van der Waals surface area contributed by atoms with Gasteiger partial charge in [0.2, 0.25) is 5.67 Å². The van der Waals surface area contributed by atoms with Crippen molar-refractivity contribution in [2.75, 3.05) is 7.11 Å². The highest BCUT2D eigenvalue weighted by atomic mass is 19.1. The SMILES string of the molecule is COC(=O)C1(F)CCC(=O)c2ncccc21. The van der Waals surface area contributed by atoms with E-state index in [2.05, 4.69) is 9.72 Å². The fraction of sp³-hybridized carbons (Fsp3) is 0.364. The molecule has 84 valence electrons. The van der Waals surface area contributed by atoms with Gasteiger partial charge in [0, 0.05) is 24.6 Å². The van der Waals surface area contributed by atoms with Crippen LogP contribution in [0.4, 0.5) is 4.39 Å². The number of ketones is 1. The summed E-state index contributed by atoms with van der Waals surface area (Å²) in [4.78, 5) is 26.7. The van der Waals surface area contributed by atoms with Gasteiger partial charge in [-0.1, -0.05) is 6.07 Å². The molecule has 0 spiro atoms. The number of ether oxygens (including phenoxy) is 1. The zero-order valence-electron chi connectivity index (χ0n) is 8.70. The molecule has 0 aliphatic heterocycles. The third-order valence-electron chi connectivity index (χ3n) is 2.70. The summed E-state index contributed by atoms with van der Waals surface area (Å²) in [6, 6.07) is 2.89. The highest BCUT2D eigenvalue weighted by Crippen LogP contribution is 2.38. The maximum absolute atomic E-state index is 14.5. The molecule has 0 bridgehead atoms. The number of fused-ring (bicyclic) bond motifs is 1. The zero-order chi connectivity index (χ0) is 11.8. The molecule has 0 fully saturated rings. The summed E-state index contributed by atoms with van der Waals surface area (Å²) < 4.78 is 18.9. The van der Waals surface area contributed by atoms with Gasteiger partial charge in [-0.25, -0.2) is 9.18 Å². The van der Waals surface area contributed by atoms with Gasteiger partial charge >= 0.3 is 5.97 Å². The van der Waals surface area contributed by atoms with Crippen molar-refractivity contribution in [2.45, 2.75) is 18.5 Å². The lowest BCUT2D eigenvalue weighted by Crippen LogP contribution is -2.38. The fourth-order valence-electron chi connectivity index (χ4n) is 1.86. The number of methoxy groups -OCH3 is 1. The summed E-state index contributed by atoms with van der Waals surface area (Å²) >= 11 is 0. The van der Waals surface area contributed by atoms with E-state index >= 15 is 0 Å². The quantitative estimate of drug-likeness (QED) is 0.675. The van der Waals surface area contributed by atoms with Gasteiger partial charge < -0.3 is 4.74 Å². The molecule has 1 heterocycles. The summed E-state index contributed by atoms with van der Waals surface area (Å²) in [5.41, 5.74) is -2.20. The lowest BCUT2D eigenvalue weighted by Gasteiger charge is -2.27. The number of rotatable bonds is 1. The Bertz CT molecular complexity index is 460. The molecule has 1 atom stereocenters. The number of alkyl halides is 1. The third kappa shape index (κ3) is 1.39. The maximum atomic E-state index is 14.5. The van der Waals surface area contributed by atoms with Gasteiger partial charge in [0.15, 0.2) is 5.78 Å². The van der Waals surface area contributed by atoms with E-state index in [4.69, 9.17) is 0 Å². The smallest absolute Gasteiger partial charge is 0.348 e. The average Bonchev–Trinajstić information content (AvgIpc) is 2.33. The van der Waals surface area contributed by atoms with E-state index in [0.717, 1.165) is 7.11 Å². The monoisotopic (exact) mass is 223 g/mol. The van der Waals surface area contributed by atoms with Crippen LogP contribution in [-0.2, 0) is 15.2 Å². The molecule has 1 unspecified atom stereocenters. The number of halogens is 1. The van der Waals surface area contributed by atoms with Gasteiger partial charge in [0.1, 0.15) is 5.69 Å². The topological polar surface area (TPSA) is 56.3 Å². The van der Waals surface area contributed by atoms with E-state index in [0.29, 0.717) is 0 Å². The largest absolute Gasteiger partial charge is 0.466 e. The van der Waals surface area contributed by atoms with Crippen molar-refractivity contribution in [3.63, 3.8) is 0 Å². The fourth-order valence-corrected chi connectivity index (χ4v) is 1.86. The maximum Gasteiger partial charge on any atom is 0.348 e. The molecule has 0 amide bonds. The molecule has 0 radical (unpaired) electrons. The minimum Gasteiger partial charge on any atom is -0.466 e. The highest BCUT2D eigenvalue weighted by Gasteiger charge is 2.47. The normalized spacial score (nSPS) is 23.8. The van der Waals surface area contributed by atoms with Crippen LogP contribution in [0.5, 0.6) is 0 Å². The Kier molecular flexibility index (Phi) is 2.46. The molecule has 1 aliphatic rings. The van der Waals surface area contributed by atoms with Crippen LogP contribution in [0.25, 0.3) is 0 Å². The predicted octanol–water partition coefficient (Wildman–Crippen LogP) is 1.40. The van der Waals surface area contributed by atoms with Crippen LogP contribution in [-0.4, -0.2) is 23.8 Å². The van der Waals surface area contributed by atoms with Gasteiger partial charge in [-0.3, -0.25) is 9.78 Å². The summed E-state index contributed by atoms with van der Waals surface area (Å²) in [5, 5.41) is 0. The van der Waals surface area contributed by atoms with Crippen LogP contribution in [0.3, 0.4) is 0 Å². The summed E-state index contributed by atoms with van der Waals surface area (Å²) in [6.45, 7) is 0. The van der Waals surface area contributed by atoms with Crippen LogP contribution in [0.2, 0.25) is 0 Å². The summed E-state index contributed by atoms with van der Waals surface area (Å²) in [5.74, 6) is -1.22. The highest BCUT2D eigenvalue weighted by molar-refractivity contribution is 6.00. The Morgan fingerprint density at radius 3 is 3.06 bits per heavy atom. The first-order chi connectivity index (χ1) is 7.59. The molecular weight excluding hydrogens is 213 g/mol. The average molecular weight is 223 g/mol. The van der Waals surface area contributed by atoms with Gasteiger partial charge in [-0.05, 0) is 6.07 Å². The number of pyridine rings is 1. The van der Waals surface area contributed by atoms with E-state index in [1.165, 1.54) is 18.3 Å². The second-order valence-electron chi connectivity index (χ2n) is 3.62. The number of aromatic nitrogens is 1. The number of nitrogens with zero attached hydrogens (tertiary/aromatic N) is 1. The van der Waals surface area contributed by atoms with Crippen molar-refractivity contribution in [3.8, 4) is 0 Å². The number of carbonyl (C=O) groups excluding carboxylic acids is 2. The van der Waals surface area contributed by atoms with Crippen LogP contribution >= 0.6 is 0 Å². The summed E-state index contributed by atoms with van der Waals surface area (Å²) in [7, 11) is 1.12. The third-order valence-corrected chi connectivity index (χ3v) is 2.70. The van der Waals surface area contributed by atoms with Crippen molar-refractivity contribution in [3.05, 3.63) is 29.6 Å². The molecule has 1 aliphatic carbocycles. The minimum absolute atomic E-state index is 0.0121. The molecular formula is C11H10FNO3. The van der Waals surface area contributed by atoms with Crippen LogP contribution in [0.15, 0.2) is 18.3 Å². The van der Waals surface area contributed by atoms with Crippen LogP contribution < -0.4 is 0 Å². The number of carbonyl (C=O) groups is 2. The van der Waals surface area contributed by atoms with Crippen LogP contribution in [0.1, 0.15) is 28.9 Å². The van der Waals surface area contributed by atoms with E-state index < -0.39 is 11.6 Å². The molecule has 0 saturated carbocycles. The van der Waals surface area contributed by atoms with Crippen molar-refractivity contribution in [1.82, 2.24) is 4.98 Å². The lowest BCUT2D eigenvalue weighted by molar-refractivity contribution is -0.156. The number of Topliss-reactive ketones (excluding diaryl/α,β-unsaturated/α-hetero) is 1. The molecule has 1 aromatic rings. The van der Waals surface area contributed by atoms with Crippen molar-refractivity contribution in [2.24, 2.45) is 0 Å². The van der Waals surface area contributed by atoms with Crippen molar-refractivity contribution >= 4 is 11.8 Å². The lowest BCUT2D eigenvalue weighted by atomic mass is 9.82. The Morgan fingerprint density at radius 1 is 1.62 bits per heavy atom. The molecule has 1 aromatic heterocycles. The second kappa shape index (κ2) is 3.66. The summed E-state index contributed by atoms with van der Waals surface area (Å²) in [6.07, 6.45) is 1.19. The Hall–Kier alpha value is -1.78. The van der Waals surface area contributed by atoms with Gasteiger partial charge in [0.25, 0.3) is 0 Å². The molecule has 0 saturated heterocycles. The van der Waals surface area contributed by atoms with E-state index in [1.807, 2.05) is 0 Å². The van der Waals surface area contributed by atoms with Gasteiger partial charge in [-0.2, -0.15) is 0 Å². The molecule has 4 nitrogen and oxygen atoms in total. The van der Waals surface area contributed by atoms with E-state index in [-0.39, 0.29) is 29.9 Å². The first kappa shape index (κ1) is 10.7. The molecule has 0 N–H and O–H groups in total.